The third-order valence-electron chi connectivity index (χ3n) is 5.87. The molecule has 6 heteroatoms. The number of imidazole rings is 1. The minimum Gasteiger partial charge on any atom is -0.485 e. The van der Waals surface area contributed by atoms with E-state index in [-0.39, 0.29) is 24.1 Å². The van der Waals surface area contributed by atoms with E-state index in [0.29, 0.717) is 24.5 Å². The summed E-state index contributed by atoms with van der Waals surface area (Å²) in [6.07, 6.45) is 6.98. The molecule has 0 aliphatic heterocycles. The molecule has 0 aliphatic rings. The molecule has 34 heavy (non-hydrogen) atoms. The lowest BCUT2D eigenvalue weighted by molar-refractivity contribution is -0.121. The van der Waals surface area contributed by atoms with Crippen molar-refractivity contribution in [2.75, 3.05) is 6.54 Å². The van der Waals surface area contributed by atoms with Crippen molar-refractivity contribution in [1.82, 2.24) is 14.7 Å². The van der Waals surface area contributed by atoms with Crippen LogP contribution in [-0.4, -0.2) is 21.8 Å². The van der Waals surface area contributed by atoms with Gasteiger partial charge in [0.1, 0.15) is 12.4 Å². The highest BCUT2D eigenvalue weighted by Gasteiger charge is 2.23. The Balaban J connectivity index is 1.61. The van der Waals surface area contributed by atoms with Crippen LogP contribution in [-0.2, 0) is 11.4 Å². The first-order valence-corrected chi connectivity index (χ1v) is 11.8. The fraction of sp³-hybridized carbons (Fsp3) is 0.286. The third-order valence-corrected chi connectivity index (χ3v) is 5.87. The number of carbonyl (C=O) groups excluding carboxylic acids is 1. The molecular formula is C28H30FN3O2. The van der Waals surface area contributed by atoms with Crippen molar-refractivity contribution in [3.05, 3.63) is 102 Å². The Morgan fingerprint density at radius 2 is 1.94 bits per heavy atom. The van der Waals surface area contributed by atoms with Crippen LogP contribution < -0.4 is 10.1 Å². The summed E-state index contributed by atoms with van der Waals surface area (Å²) in [6, 6.07) is 20.2. The van der Waals surface area contributed by atoms with Crippen LogP contribution in [0.3, 0.4) is 0 Å². The van der Waals surface area contributed by atoms with Gasteiger partial charge in [-0.15, -0.1) is 0 Å². The summed E-state index contributed by atoms with van der Waals surface area (Å²) < 4.78 is 22.1. The molecule has 0 bridgehead atoms. The van der Waals surface area contributed by atoms with Gasteiger partial charge in [-0.25, -0.2) is 9.37 Å². The molecule has 176 valence electrons. The van der Waals surface area contributed by atoms with Gasteiger partial charge in [0.2, 0.25) is 5.91 Å². The zero-order valence-corrected chi connectivity index (χ0v) is 19.4. The van der Waals surface area contributed by atoms with Crippen LogP contribution in [0.15, 0.2) is 79.1 Å². The summed E-state index contributed by atoms with van der Waals surface area (Å²) in [7, 11) is 0. The van der Waals surface area contributed by atoms with E-state index >= 15 is 0 Å². The molecule has 2 aromatic heterocycles. The number of unbranched alkanes of at least 4 members (excludes halogenated alkanes) is 2. The van der Waals surface area contributed by atoms with Crippen LogP contribution in [0.4, 0.5) is 4.39 Å². The second kappa shape index (κ2) is 11.5. The first-order valence-electron chi connectivity index (χ1n) is 11.8. The number of halogens is 1. The summed E-state index contributed by atoms with van der Waals surface area (Å²) in [5, 5.41) is 3.01. The van der Waals surface area contributed by atoms with Gasteiger partial charge in [0.15, 0.2) is 11.4 Å². The minimum absolute atomic E-state index is 0.0585. The van der Waals surface area contributed by atoms with Gasteiger partial charge in [-0.1, -0.05) is 62.2 Å². The number of amides is 1. The predicted molar refractivity (Wildman–Crippen MR) is 131 cm³/mol. The average Bonchev–Trinajstić information content (AvgIpc) is 3.29. The van der Waals surface area contributed by atoms with Crippen LogP contribution in [0.25, 0.3) is 5.65 Å². The van der Waals surface area contributed by atoms with E-state index in [1.165, 1.54) is 12.1 Å². The molecule has 5 nitrogen and oxygen atoms in total. The smallest absolute Gasteiger partial charge is 0.221 e. The zero-order valence-electron chi connectivity index (χ0n) is 19.4. The Labute approximate surface area is 199 Å². The second-order valence-corrected chi connectivity index (χ2v) is 8.39. The first-order chi connectivity index (χ1) is 16.7. The van der Waals surface area contributed by atoms with E-state index in [2.05, 4.69) is 17.2 Å². The summed E-state index contributed by atoms with van der Waals surface area (Å²) in [5.74, 6) is -0.0794. The van der Waals surface area contributed by atoms with Gasteiger partial charge in [-0.05, 0) is 41.8 Å². The number of hydrogen-bond donors (Lipinski definition) is 1. The molecule has 4 aromatic rings. The highest BCUT2D eigenvalue weighted by molar-refractivity contribution is 5.77. The molecule has 2 aromatic carbocycles. The number of fused-ring (bicyclic) bond motifs is 1. The second-order valence-electron chi connectivity index (χ2n) is 8.39. The van der Waals surface area contributed by atoms with Gasteiger partial charge in [-0.3, -0.25) is 4.79 Å². The Bertz CT molecular complexity index is 1220. The van der Waals surface area contributed by atoms with E-state index in [1.807, 2.05) is 59.1 Å². The van der Waals surface area contributed by atoms with Gasteiger partial charge in [0.25, 0.3) is 0 Å². The first kappa shape index (κ1) is 23.5. The van der Waals surface area contributed by atoms with Crippen LogP contribution in [0.5, 0.6) is 5.75 Å². The van der Waals surface area contributed by atoms with Crippen molar-refractivity contribution in [2.45, 2.75) is 45.1 Å². The van der Waals surface area contributed by atoms with Gasteiger partial charge >= 0.3 is 0 Å². The molecule has 0 saturated heterocycles. The number of pyridine rings is 1. The van der Waals surface area contributed by atoms with Crippen molar-refractivity contribution in [2.24, 2.45) is 0 Å². The monoisotopic (exact) mass is 459 g/mol. The summed E-state index contributed by atoms with van der Waals surface area (Å²) in [4.78, 5) is 17.4. The normalized spacial score (nSPS) is 11.9. The molecule has 0 saturated carbocycles. The summed E-state index contributed by atoms with van der Waals surface area (Å²) >= 11 is 0. The molecule has 0 radical (unpaired) electrons. The molecule has 2 heterocycles. The lowest BCUT2D eigenvalue weighted by Gasteiger charge is -2.18. The van der Waals surface area contributed by atoms with E-state index in [1.54, 1.807) is 12.3 Å². The maximum absolute atomic E-state index is 14.1. The molecule has 1 atom stereocenters. The van der Waals surface area contributed by atoms with Crippen molar-refractivity contribution < 1.29 is 13.9 Å². The lowest BCUT2D eigenvalue weighted by Crippen LogP contribution is -2.26. The van der Waals surface area contributed by atoms with Gasteiger partial charge in [0, 0.05) is 31.3 Å². The largest absolute Gasteiger partial charge is 0.485 e. The topological polar surface area (TPSA) is 55.6 Å². The number of carbonyl (C=O) groups is 1. The molecule has 0 aliphatic carbocycles. The van der Waals surface area contributed by atoms with Crippen molar-refractivity contribution in [3.8, 4) is 5.75 Å². The minimum atomic E-state index is -0.346. The SMILES string of the molecule is CCCCCNC(=O)CC(c1cccc(F)c1)c1cnc2c(OCc3ccccc3)cccn12. The Morgan fingerprint density at radius 3 is 2.74 bits per heavy atom. The van der Waals surface area contributed by atoms with E-state index in [4.69, 9.17) is 4.74 Å². The number of ether oxygens (including phenoxy) is 1. The van der Waals surface area contributed by atoms with Crippen molar-refractivity contribution in [3.63, 3.8) is 0 Å². The summed E-state index contributed by atoms with van der Waals surface area (Å²) in [6.45, 7) is 3.20. The van der Waals surface area contributed by atoms with Crippen LogP contribution in [0, 0.1) is 5.82 Å². The summed E-state index contributed by atoms with van der Waals surface area (Å²) in [5.41, 5.74) is 3.28. The van der Waals surface area contributed by atoms with E-state index < -0.39 is 0 Å². The third kappa shape index (κ3) is 5.81. The van der Waals surface area contributed by atoms with E-state index in [9.17, 15) is 9.18 Å². The molecule has 1 amide bonds. The van der Waals surface area contributed by atoms with Crippen molar-refractivity contribution in [1.29, 1.82) is 0 Å². The van der Waals surface area contributed by atoms with E-state index in [0.717, 1.165) is 36.1 Å². The molecular weight excluding hydrogens is 429 g/mol. The number of hydrogen-bond acceptors (Lipinski definition) is 3. The highest BCUT2D eigenvalue weighted by Crippen LogP contribution is 2.31. The van der Waals surface area contributed by atoms with Crippen LogP contribution in [0.2, 0.25) is 0 Å². The molecule has 4 rings (SSSR count). The Kier molecular flexibility index (Phi) is 7.91. The number of aromatic nitrogens is 2. The fourth-order valence-electron chi connectivity index (χ4n) is 4.09. The predicted octanol–water partition coefficient (Wildman–Crippen LogP) is 5.88. The van der Waals surface area contributed by atoms with Crippen LogP contribution >= 0.6 is 0 Å². The molecule has 1 unspecified atom stereocenters. The van der Waals surface area contributed by atoms with Crippen LogP contribution in [0.1, 0.15) is 55.3 Å². The Morgan fingerprint density at radius 1 is 1.09 bits per heavy atom. The number of nitrogens with zero attached hydrogens (tertiary/aromatic N) is 2. The Hall–Kier alpha value is -3.67. The maximum Gasteiger partial charge on any atom is 0.221 e. The molecule has 0 spiro atoms. The standard InChI is InChI=1S/C28H30FN3O2/c1-2-3-7-15-30-27(33)18-24(22-12-8-13-23(29)17-22)25-19-31-28-26(14-9-16-32(25)28)34-20-21-10-5-4-6-11-21/h4-6,8-14,16-17,19,24H,2-3,7,15,18,20H2,1H3,(H,30,33). The zero-order chi connectivity index (χ0) is 23.8. The van der Waals surface area contributed by atoms with Gasteiger partial charge in [0.05, 0.1) is 5.69 Å². The highest BCUT2D eigenvalue weighted by atomic mass is 19.1. The number of rotatable bonds is 11. The molecule has 1 N–H and O–H groups in total. The fourth-order valence-corrected chi connectivity index (χ4v) is 4.09. The van der Waals surface area contributed by atoms with Gasteiger partial charge in [-0.2, -0.15) is 0 Å². The molecule has 0 fully saturated rings. The number of benzene rings is 2. The number of nitrogens with one attached hydrogen (secondary N) is 1. The van der Waals surface area contributed by atoms with Gasteiger partial charge < -0.3 is 14.5 Å². The average molecular weight is 460 g/mol. The maximum atomic E-state index is 14.1. The lowest BCUT2D eigenvalue weighted by atomic mass is 9.92. The quantitative estimate of drug-likeness (QED) is 0.285. The van der Waals surface area contributed by atoms with Crippen molar-refractivity contribution >= 4 is 11.6 Å².